The van der Waals surface area contributed by atoms with Gasteiger partial charge in [-0.15, -0.1) is 0 Å². The van der Waals surface area contributed by atoms with Gasteiger partial charge in [-0.2, -0.15) is 5.26 Å². The Balaban J connectivity index is 1.79. The van der Waals surface area contributed by atoms with Crippen molar-refractivity contribution in [2.75, 3.05) is 0 Å². The molecule has 0 radical (unpaired) electrons. The highest BCUT2D eigenvalue weighted by Gasteiger charge is 2.28. The molecule has 0 saturated heterocycles. The summed E-state index contributed by atoms with van der Waals surface area (Å²) in [5.41, 5.74) is 7.53. The lowest BCUT2D eigenvalue weighted by Crippen LogP contribution is -2.46. The van der Waals surface area contributed by atoms with Gasteiger partial charge in [-0.1, -0.05) is 30.3 Å². The maximum absolute atomic E-state index is 9.01. The summed E-state index contributed by atoms with van der Waals surface area (Å²) < 4.78 is 5.83. The summed E-state index contributed by atoms with van der Waals surface area (Å²) in [6, 6.07) is 12.0. The molecule has 2 aliphatic heterocycles. The Morgan fingerprint density at radius 1 is 1.33 bits per heavy atom. The molecule has 21 heavy (non-hydrogen) atoms. The summed E-state index contributed by atoms with van der Waals surface area (Å²) in [6.45, 7) is 0.456. The summed E-state index contributed by atoms with van der Waals surface area (Å²) in [5, 5.41) is 9.01. The third-order valence-electron chi connectivity index (χ3n) is 3.27. The van der Waals surface area contributed by atoms with Crippen LogP contribution in [0.1, 0.15) is 5.56 Å². The van der Waals surface area contributed by atoms with E-state index in [-0.39, 0.29) is 0 Å². The van der Waals surface area contributed by atoms with Gasteiger partial charge in [-0.3, -0.25) is 0 Å². The molecule has 104 valence electrons. The number of ether oxygens (including phenoxy) is 1. The molecule has 0 bridgehead atoms. The molecule has 5 nitrogen and oxygen atoms in total. The van der Waals surface area contributed by atoms with E-state index < -0.39 is 6.17 Å². The van der Waals surface area contributed by atoms with E-state index in [9.17, 15) is 0 Å². The smallest absolute Gasteiger partial charge is 0.177 e. The van der Waals surface area contributed by atoms with E-state index in [2.05, 4.69) is 11.1 Å². The maximum Gasteiger partial charge on any atom is 0.177 e. The molecule has 0 amide bonds. The Hall–Kier alpha value is -2.84. The lowest BCUT2D eigenvalue weighted by atomic mass is 10.1. The third kappa shape index (κ3) is 2.57. The van der Waals surface area contributed by atoms with E-state index in [1.165, 1.54) is 6.20 Å². The standard InChI is InChI=1S/C16H14N4O/c17-9-13-10-19-16-14(7-4-8-20(16)15(13)18)21-11-12-5-2-1-3-6-12/h1-8,10,15H,11,18H2. The first-order valence-corrected chi connectivity index (χ1v) is 6.57. The van der Waals surface area contributed by atoms with Crippen LogP contribution in [0.3, 0.4) is 0 Å². The highest BCUT2D eigenvalue weighted by molar-refractivity contribution is 5.99. The van der Waals surface area contributed by atoms with Crippen LogP contribution in [0.5, 0.6) is 0 Å². The fraction of sp³-hybridized carbons (Fsp3) is 0.125. The molecule has 2 aliphatic rings. The van der Waals surface area contributed by atoms with E-state index in [4.69, 9.17) is 15.7 Å². The molecular formula is C16H14N4O. The fourth-order valence-electron chi connectivity index (χ4n) is 2.15. The van der Waals surface area contributed by atoms with E-state index in [1.54, 1.807) is 11.1 Å². The third-order valence-corrected chi connectivity index (χ3v) is 3.27. The van der Waals surface area contributed by atoms with Gasteiger partial charge in [0.25, 0.3) is 0 Å². The minimum atomic E-state index is -0.525. The number of hydrogen-bond donors (Lipinski definition) is 1. The van der Waals surface area contributed by atoms with Crippen molar-refractivity contribution in [3.63, 3.8) is 0 Å². The SMILES string of the molecule is N#CC1=CN=C2C(OCc3ccccc3)=CC=CN2C1N. The number of aliphatic imine (C=N–C) groups is 1. The van der Waals surface area contributed by atoms with Crippen molar-refractivity contribution in [2.45, 2.75) is 12.8 Å². The first-order chi connectivity index (χ1) is 10.3. The van der Waals surface area contributed by atoms with Crippen molar-refractivity contribution in [1.82, 2.24) is 4.90 Å². The normalized spacial score (nSPS) is 19.9. The van der Waals surface area contributed by atoms with Crippen LogP contribution >= 0.6 is 0 Å². The highest BCUT2D eigenvalue weighted by Crippen LogP contribution is 2.22. The molecule has 0 fully saturated rings. The second-order valence-corrected chi connectivity index (χ2v) is 4.65. The van der Waals surface area contributed by atoms with Gasteiger partial charge in [-0.25, -0.2) is 4.99 Å². The van der Waals surface area contributed by atoms with Crippen LogP contribution in [0, 0.1) is 11.3 Å². The van der Waals surface area contributed by atoms with Crippen LogP contribution in [0.15, 0.2) is 71.2 Å². The molecule has 2 heterocycles. The molecule has 0 spiro atoms. The molecule has 0 saturated carbocycles. The molecule has 1 unspecified atom stereocenters. The second kappa shape index (κ2) is 5.65. The molecule has 1 aromatic carbocycles. The number of rotatable bonds is 3. The van der Waals surface area contributed by atoms with Gasteiger partial charge in [0.05, 0.1) is 11.6 Å². The topological polar surface area (TPSA) is 74.6 Å². The van der Waals surface area contributed by atoms with Crippen LogP contribution < -0.4 is 5.73 Å². The quantitative estimate of drug-likeness (QED) is 0.918. The Labute approximate surface area is 123 Å². The minimum Gasteiger partial charge on any atom is -0.485 e. The maximum atomic E-state index is 9.01. The van der Waals surface area contributed by atoms with Crippen LogP contribution in [0.25, 0.3) is 0 Å². The lowest BCUT2D eigenvalue weighted by Gasteiger charge is -2.33. The Morgan fingerprint density at radius 2 is 2.14 bits per heavy atom. The highest BCUT2D eigenvalue weighted by atomic mass is 16.5. The van der Waals surface area contributed by atoms with E-state index in [0.29, 0.717) is 23.8 Å². The molecule has 3 rings (SSSR count). The van der Waals surface area contributed by atoms with Gasteiger partial charge in [0.2, 0.25) is 0 Å². The first kappa shape index (κ1) is 13.2. The summed E-state index contributed by atoms with van der Waals surface area (Å²) in [7, 11) is 0. The predicted octanol–water partition coefficient (Wildman–Crippen LogP) is 2.02. The molecule has 1 aromatic rings. The summed E-state index contributed by atoms with van der Waals surface area (Å²) in [6.07, 6.45) is 6.44. The number of nitrogens with zero attached hydrogens (tertiary/aromatic N) is 3. The Morgan fingerprint density at radius 3 is 2.90 bits per heavy atom. The second-order valence-electron chi connectivity index (χ2n) is 4.65. The number of nitriles is 1. The van der Waals surface area contributed by atoms with Crippen molar-refractivity contribution < 1.29 is 4.74 Å². The average Bonchev–Trinajstić information content (AvgIpc) is 2.54. The monoisotopic (exact) mass is 278 g/mol. The van der Waals surface area contributed by atoms with Gasteiger partial charge < -0.3 is 15.4 Å². The molecule has 1 atom stereocenters. The van der Waals surface area contributed by atoms with Crippen LogP contribution in [-0.4, -0.2) is 16.9 Å². The number of benzene rings is 1. The zero-order chi connectivity index (χ0) is 14.7. The van der Waals surface area contributed by atoms with Crippen LogP contribution in [-0.2, 0) is 11.3 Å². The minimum absolute atomic E-state index is 0.424. The summed E-state index contributed by atoms with van der Waals surface area (Å²) in [4.78, 5) is 6.02. The number of nitrogens with two attached hydrogens (primary N) is 1. The predicted molar refractivity (Wildman–Crippen MR) is 79.4 cm³/mol. The first-order valence-electron chi connectivity index (χ1n) is 6.57. The Kier molecular flexibility index (Phi) is 3.54. The Bertz CT molecular complexity index is 695. The van der Waals surface area contributed by atoms with Gasteiger partial charge in [0, 0.05) is 12.4 Å². The van der Waals surface area contributed by atoms with Crippen molar-refractivity contribution in [2.24, 2.45) is 10.7 Å². The number of fused-ring (bicyclic) bond motifs is 1. The van der Waals surface area contributed by atoms with Gasteiger partial charge >= 0.3 is 0 Å². The van der Waals surface area contributed by atoms with Crippen molar-refractivity contribution in [3.05, 3.63) is 71.8 Å². The molecule has 2 N–H and O–H groups in total. The van der Waals surface area contributed by atoms with Crippen LogP contribution in [0.4, 0.5) is 0 Å². The van der Waals surface area contributed by atoms with Gasteiger partial charge in [0.1, 0.15) is 12.8 Å². The molecule has 0 aliphatic carbocycles. The zero-order valence-corrected chi connectivity index (χ0v) is 11.3. The summed E-state index contributed by atoms with van der Waals surface area (Å²) in [5.74, 6) is 1.27. The number of hydrogen-bond acceptors (Lipinski definition) is 5. The van der Waals surface area contributed by atoms with Crippen molar-refractivity contribution in [3.8, 4) is 6.07 Å². The largest absolute Gasteiger partial charge is 0.485 e. The number of allylic oxidation sites excluding steroid dienone is 2. The van der Waals surface area contributed by atoms with Crippen molar-refractivity contribution in [1.29, 1.82) is 5.26 Å². The van der Waals surface area contributed by atoms with Crippen molar-refractivity contribution >= 4 is 5.84 Å². The molecular weight excluding hydrogens is 264 g/mol. The zero-order valence-electron chi connectivity index (χ0n) is 11.3. The van der Waals surface area contributed by atoms with E-state index in [0.717, 1.165) is 5.56 Å². The molecule has 5 heteroatoms. The fourth-order valence-corrected chi connectivity index (χ4v) is 2.15. The average molecular weight is 278 g/mol. The lowest BCUT2D eigenvalue weighted by molar-refractivity contribution is 0.209. The van der Waals surface area contributed by atoms with Gasteiger partial charge in [-0.05, 0) is 17.7 Å². The van der Waals surface area contributed by atoms with E-state index in [1.807, 2.05) is 42.5 Å². The molecule has 0 aromatic heterocycles. The van der Waals surface area contributed by atoms with Gasteiger partial charge in [0.15, 0.2) is 11.6 Å². The number of amidine groups is 1. The van der Waals surface area contributed by atoms with Crippen LogP contribution in [0.2, 0.25) is 0 Å². The summed E-state index contributed by atoms with van der Waals surface area (Å²) >= 11 is 0. The van der Waals surface area contributed by atoms with E-state index >= 15 is 0 Å².